The molecule has 2 aromatic carbocycles. The highest BCUT2D eigenvalue weighted by molar-refractivity contribution is 7.15. The largest absolute Gasteiger partial charge is 0.329 e. The summed E-state index contributed by atoms with van der Waals surface area (Å²) >= 11 is 1.33. The highest BCUT2D eigenvalue weighted by atomic mass is 32.1. The molecule has 0 aliphatic heterocycles. The predicted molar refractivity (Wildman–Crippen MR) is 105 cm³/mol. The van der Waals surface area contributed by atoms with E-state index in [1.54, 1.807) is 7.05 Å². The number of nitrogens with one attached hydrogen (secondary N) is 1. The van der Waals surface area contributed by atoms with Gasteiger partial charge >= 0.3 is 5.69 Å². The van der Waals surface area contributed by atoms with Gasteiger partial charge in [-0.3, -0.25) is 19.2 Å². The molecule has 1 N–H and O–H groups in total. The second-order valence-electron chi connectivity index (χ2n) is 6.13. The van der Waals surface area contributed by atoms with Gasteiger partial charge in [0.25, 0.3) is 0 Å². The summed E-state index contributed by atoms with van der Waals surface area (Å²) in [4.78, 5) is 24.8. The van der Waals surface area contributed by atoms with Crippen LogP contribution in [0.3, 0.4) is 0 Å². The third kappa shape index (κ3) is 3.52. The molecule has 0 saturated carbocycles. The molecule has 2 aromatic heterocycles. The molecule has 136 valence electrons. The van der Waals surface area contributed by atoms with Gasteiger partial charge in [-0.1, -0.05) is 53.8 Å². The summed E-state index contributed by atoms with van der Waals surface area (Å²) in [5, 5.41) is 12.1. The Bertz CT molecular complexity index is 1160. The number of hydrogen-bond donors (Lipinski definition) is 1. The number of benzene rings is 2. The first-order valence-electron chi connectivity index (χ1n) is 8.42. The van der Waals surface area contributed by atoms with Crippen molar-refractivity contribution in [2.24, 2.45) is 7.05 Å². The minimum Gasteiger partial charge on any atom is -0.299 e. The first-order valence-corrected chi connectivity index (χ1v) is 9.24. The zero-order valence-corrected chi connectivity index (χ0v) is 15.4. The second kappa shape index (κ2) is 7.16. The number of anilines is 1. The van der Waals surface area contributed by atoms with Crippen LogP contribution in [0.15, 0.2) is 59.4 Å². The zero-order chi connectivity index (χ0) is 18.8. The summed E-state index contributed by atoms with van der Waals surface area (Å²) in [6, 6.07) is 17.3. The van der Waals surface area contributed by atoms with E-state index in [4.69, 9.17) is 0 Å². The lowest BCUT2D eigenvalue weighted by Crippen LogP contribution is -2.28. The molecule has 4 aromatic rings. The fourth-order valence-corrected chi connectivity index (χ4v) is 3.75. The highest BCUT2D eigenvalue weighted by Crippen LogP contribution is 2.19. The average Bonchev–Trinajstić information content (AvgIpc) is 3.21. The van der Waals surface area contributed by atoms with Gasteiger partial charge in [-0.15, -0.1) is 10.2 Å². The van der Waals surface area contributed by atoms with Crippen molar-refractivity contribution in [1.29, 1.82) is 0 Å². The second-order valence-corrected chi connectivity index (χ2v) is 7.19. The van der Waals surface area contributed by atoms with Crippen LogP contribution in [0.1, 0.15) is 10.6 Å². The quantitative estimate of drug-likeness (QED) is 0.577. The molecular weight excluding hydrogens is 362 g/mol. The zero-order valence-electron chi connectivity index (χ0n) is 14.6. The van der Waals surface area contributed by atoms with E-state index in [0.717, 1.165) is 21.6 Å². The summed E-state index contributed by atoms with van der Waals surface area (Å²) in [5.74, 6) is -0.309. The van der Waals surface area contributed by atoms with Gasteiger partial charge in [0.15, 0.2) is 0 Å². The van der Waals surface area contributed by atoms with E-state index in [0.29, 0.717) is 11.6 Å². The van der Waals surface area contributed by atoms with Gasteiger partial charge in [0, 0.05) is 13.5 Å². The van der Waals surface area contributed by atoms with Crippen molar-refractivity contribution in [3.8, 4) is 0 Å². The van der Waals surface area contributed by atoms with Crippen molar-refractivity contribution in [3.63, 3.8) is 0 Å². The maximum Gasteiger partial charge on any atom is 0.329 e. The van der Waals surface area contributed by atoms with Gasteiger partial charge in [-0.25, -0.2) is 4.79 Å². The molecule has 0 bridgehead atoms. The monoisotopic (exact) mass is 379 g/mol. The van der Waals surface area contributed by atoms with Crippen molar-refractivity contribution in [2.45, 2.75) is 13.0 Å². The number of hydrogen-bond acceptors (Lipinski definition) is 5. The van der Waals surface area contributed by atoms with Crippen LogP contribution < -0.4 is 11.0 Å². The van der Waals surface area contributed by atoms with Crippen LogP contribution in [0.25, 0.3) is 11.0 Å². The predicted octanol–water partition coefficient (Wildman–Crippen LogP) is 2.42. The molecule has 2 heterocycles. The van der Waals surface area contributed by atoms with E-state index in [1.807, 2.05) is 54.6 Å². The van der Waals surface area contributed by atoms with Gasteiger partial charge in [-0.05, 0) is 17.7 Å². The molecule has 0 aliphatic rings. The van der Waals surface area contributed by atoms with Crippen LogP contribution in [-0.4, -0.2) is 25.2 Å². The van der Waals surface area contributed by atoms with Crippen LogP contribution in [0, 0.1) is 0 Å². The highest BCUT2D eigenvalue weighted by Gasteiger charge is 2.14. The molecule has 0 atom stereocenters. The topological polar surface area (TPSA) is 81.8 Å². The maximum atomic E-state index is 12.4. The number of nitrogens with zero attached hydrogens (tertiary/aromatic N) is 4. The van der Waals surface area contributed by atoms with Gasteiger partial charge in [-0.2, -0.15) is 0 Å². The van der Waals surface area contributed by atoms with Crippen molar-refractivity contribution < 1.29 is 4.79 Å². The molecule has 27 heavy (non-hydrogen) atoms. The standard InChI is InChI=1S/C19H17N5O2S/c1-23-14-9-5-6-10-15(14)24(19(23)26)12-16(25)20-18-22-21-17(27-18)11-13-7-3-2-4-8-13/h2-10H,11-12H2,1H3,(H,20,22,25). The summed E-state index contributed by atoms with van der Waals surface area (Å²) in [7, 11) is 1.69. The number of aromatic nitrogens is 4. The minimum absolute atomic E-state index is 0.0756. The third-order valence-electron chi connectivity index (χ3n) is 4.26. The van der Waals surface area contributed by atoms with Crippen LogP contribution in [0.5, 0.6) is 0 Å². The van der Waals surface area contributed by atoms with Crippen molar-refractivity contribution >= 4 is 33.4 Å². The molecule has 1 amide bonds. The van der Waals surface area contributed by atoms with Gasteiger partial charge in [0.2, 0.25) is 11.0 Å². The Morgan fingerprint density at radius 1 is 1.04 bits per heavy atom. The van der Waals surface area contributed by atoms with Crippen LogP contribution in [0.2, 0.25) is 0 Å². The number of para-hydroxylation sites is 2. The first kappa shape index (κ1) is 17.2. The van der Waals surface area contributed by atoms with Crippen LogP contribution >= 0.6 is 11.3 Å². The minimum atomic E-state index is -0.309. The van der Waals surface area contributed by atoms with Crippen molar-refractivity contribution in [1.82, 2.24) is 19.3 Å². The van der Waals surface area contributed by atoms with E-state index < -0.39 is 0 Å². The summed E-state index contributed by atoms with van der Waals surface area (Å²) < 4.78 is 2.99. The molecule has 0 unspecified atom stereocenters. The number of amides is 1. The molecule has 7 nitrogen and oxygen atoms in total. The molecular formula is C19H17N5O2S. The molecule has 0 spiro atoms. The van der Waals surface area contributed by atoms with E-state index in [9.17, 15) is 9.59 Å². The summed E-state index contributed by atoms with van der Waals surface area (Å²) in [6.07, 6.45) is 0.664. The van der Waals surface area contributed by atoms with E-state index in [2.05, 4.69) is 15.5 Å². The number of carbonyl (C=O) groups is 1. The molecule has 0 saturated heterocycles. The normalized spacial score (nSPS) is 11.0. The molecule has 0 aliphatic carbocycles. The van der Waals surface area contributed by atoms with E-state index >= 15 is 0 Å². The number of aryl methyl sites for hydroxylation is 1. The van der Waals surface area contributed by atoms with Crippen molar-refractivity contribution in [3.05, 3.63) is 75.7 Å². The number of imidazole rings is 1. The fraction of sp³-hybridized carbons (Fsp3) is 0.158. The SMILES string of the molecule is Cn1c(=O)n(CC(=O)Nc2nnc(Cc3ccccc3)s2)c2ccccc21. The molecule has 0 radical (unpaired) electrons. The average molecular weight is 379 g/mol. The lowest BCUT2D eigenvalue weighted by molar-refractivity contribution is -0.116. The smallest absolute Gasteiger partial charge is 0.299 e. The third-order valence-corrected chi connectivity index (χ3v) is 5.10. The van der Waals surface area contributed by atoms with E-state index in [1.165, 1.54) is 20.5 Å². The first-order chi connectivity index (χ1) is 13.1. The van der Waals surface area contributed by atoms with Gasteiger partial charge < -0.3 is 0 Å². The van der Waals surface area contributed by atoms with E-state index in [-0.39, 0.29) is 18.1 Å². The Morgan fingerprint density at radius 2 is 1.74 bits per heavy atom. The lowest BCUT2D eigenvalue weighted by Gasteiger charge is -2.03. The Labute approximate surface area is 158 Å². The Morgan fingerprint density at radius 3 is 2.52 bits per heavy atom. The Kier molecular flexibility index (Phi) is 4.55. The van der Waals surface area contributed by atoms with Gasteiger partial charge in [0.1, 0.15) is 11.6 Å². The maximum absolute atomic E-state index is 12.4. The Balaban J connectivity index is 1.48. The molecule has 4 rings (SSSR count). The fourth-order valence-electron chi connectivity index (χ4n) is 2.96. The Hall–Kier alpha value is -3.26. The van der Waals surface area contributed by atoms with Crippen molar-refractivity contribution in [2.75, 3.05) is 5.32 Å². The summed E-state index contributed by atoms with van der Waals surface area (Å²) in [5.41, 5.74) is 2.42. The van der Waals surface area contributed by atoms with Crippen LogP contribution in [0.4, 0.5) is 5.13 Å². The van der Waals surface area contributed by atoms with Crippen LogP contribution in [-0.2, 0) is 24.8 Å². The lowest BCUT2D eigenvalue weighted by atomic mass is 10.2. The van der Waals surface area contributed by atoms with Gasteiger partial charge in [0.05, 0.1) is 11.0 Å². The number of fused-ring (bicyclic) bond motifs is 1. The molecule has 8 heteroatoms. The summed E-state index contributed by atoms with van der Waals surface area (Å²) in [6.45, 7) is -0.0756. The molecule has 0 fully saturated rings. The number of carbonyl (C=O) groups excluding carboxylic acids is 1. The number of rotatable bonds is 5.